The zero-order valence-corrected chi connectivity index (χ0v) is 20.5. The largest absolute Gasteiger partial charge is 0.494 e. The SMILES string of the molecule is CCOc1ccc(OCCSc2nnc3n(Cc4ccc(C)cc4)c(=O)c4ccccc4n23)cc1. The second-order valence-corrected chi connectivity index (χ2v) is 9.18. The zero-order chi connectivity index (χ0) is 24.2. The summed E-state index contributed by atoms with van der Waals surface area (Å²) in [6.07, 6.45) is 0. The van der Waals surface area contributed by atoms with Crippen LogP contribution in [0.25, 0.3) is 16.7 Å². The highest BCUT2D eigenvalue weighted by Crippen LogP contribution is 2.23. The third kappa shape index (κ3) is 4.88. The van der Waals surface area contributed by atoms with Gasteiger partial charge in [-0.1, -0.05) is 53.7 Å². The molecule has 0 saturated heterocycles. The van der Waals surface area contributed by atoms with Gasteiger partial charge in [-0.25, -0.2) is 0 Å². The summed E-state index contributed by atoms with van der Waals surface area (Å²) in [7, 11) is 0. The van der Waals surface area contributed by atoms with Crippen molar-refractivity contribution in [1.82, 2.24) is 19.2 Å². The molecule has 3 aromatic carbocycles. The molecule has 0 bridgehead atoms. The first-order valence-corrected chi connectivity index (χ1v) is 12.5. The lowest BCUT2D eigenvalue weighted by Gasteiger charge is -2.12. The van der Waals surface area contributed by atoms with Gasteiger partial charge in [0.25, 0.3) is 5.56 Å². The summed E-state index contributed by atoms with van der Waals surface area (Å²) >= 11 is 1.55. The van der Waals surface area contributed by atoms with Crippen molar-refractivity contribution >= 4 is 28.4 Å². The van der Waals surface area contributed by atoms with Crippen LogP contribution in [0.5, 0.6) is 11.5 Å². The molecule has 0 unspecified atom stereocenters. The van der Waals surface area contributed by atoms with Crippen molar-refractivity contribution in [3.05, 3.63) is 94.3 Å². The van der Waals surface area contributed by atoms with Crippen LogP contribution in [0, 0.1) is 6.92 Å². The van der Waals surface area contributed by atoms with E-state index in [4.69, 9.17) is 9.47 Å². The molecule has 8 heteroatoms. The Morgan fingerprint density at radius 2 is 1.60 bits per heavy atom. The van der Waals surface area contributed by atoms with Crippen molar-refractivity contribution in [2.45, 2.75) is 25.5 Å². The van der Waals surface area contributed by atoms with Gasteiger partial charge >= 0.3 is 0 Å². The van der Waals surface area contributed by atoms with Crippen LogP contribution in [0.3, 0.4) is 0 Å². The van der Waals surface area contributed by atoms with Crippen LogP contribution in [0.1, 0.15) is 18.1 Å². The monoisotopic (exact) mass is 486 g/mol. The molecular weight excluding hydrogens is 460 g/mol. The molecule has 35 heavy (non-hydrogen) atoms. The minimum atomic E-state index is -0.0727. The zero-order valence-electron chi connectivity index (χ0n) is 19.7. The summed E-state index contributed by atoms with van der Waals surface area (Å²) in [5.74, 6) is 2.83. The third-order valence-corrected chi connectivity index (χ3v) is 6.55. The van der Waals surface area contributed by atoms with E-state index < -0.39 is 0 Å². The quantitative estimate of drug-likeness (QED) is 0.216. The summed E-state index contributed by atoms with van der Waals surface area (Å²) in [4.78, 5) is 13.4. The Morgan fingerprint density at radius 1 is 0.886 bits per heavy atom. The van der Waals surface area contributed by atoms with Gasteiger partial charge in [-0.3, -0.25) is 13.8 Å². The van der Waals surface area contributed by atoms with Crippen molar-refractivity contribution < 1.29 is 9.47 Å². The predicted octanol–water partition coefficient (Wildman–Crippen LogP) is 4.97. The van der Waals surface area contributed by atoms with E-state index >= 15 is 0 Å². The van der Waals surface area contributed by atoms with Crippen molar-refractivity contribution in [3.63, 3.8) is 0 Å². The van der Waals surface area contributed by atoms with Gasteiger partial charge in [-0.15, -0.1) is 10.2 Å². The average Bonchev–Trinajstić information content (AvgIpc) is 3.31. The van der Waals surface area contributed by atoms with Gasteiger partial charge in [0.15, 0.2) is 5.16 Å². The van der Waals surface area contributed by atoms with E-state index in [9.17, 15) is 4.79 Å². The number of benzene rings is 3. The summed E-state index contributed by atoms with van der Waals surface area (Å²) in [6, 6.07) is 23.4. The second-order valence-electron chi connectivity index (χ2n) is 8.11. The minimum Gasteiger partial charge on any atom is -0.494 e. The van der Waals surface area contributed by atoms with Gasteiger partial charge in [0.1, 0.15) is 11.5 Å². The topological polar surface area (TPSA) is 70.7 Å². The molecular formula is C27H26N4O3S. The molecule has 178 valence electrons. The molecule has 0 aliphatic heterocycles. The van der Waals surface area contributed by atoms with Gasteiger partial charge in [0.05, 0.1) is 30.7 Å². The maximum absolute atomic E-state index is 13.4. The lowest BCUT2D eigenvalue weighted by atomic mass is 10.1. The Hall–Kier alpha value is -3.78. The molecule has 0 atom stereocenters. The maximum atomic E-state index is 13.4. The van der Waals surface area contributed by atoms with Crippen LogP contribution >= 0.6 is 11.8 Å². The van der Waals surface area contributed by atoms with E-state index in [0.29, 0.717) is 36.7 Å². The van der Waals surface area contributed by atoms with E-state index in [1.807, 2.05) is 91.0 Å². The number of aryl methyl sites for hydroxylation is 1. The predicted molar refractivity (Wildman–Crippen MR) is 139 cm³/mol. The first-order chi connectivity index (χ1) is 17.1. The molecule has 0 radical (unpaired) electrons. The van der Waals surface area contributed by atoms with E-state index in [1.165, 1.54) is 5.56 Å². The van der Waals surface area contributed by atoms with Gasteiger partial charge in [-0.05, 0) is 55.8 Å². The Balaban J connectivity index is 1.39. The summed E-state index contributed by atoms with van der Waals surface area (Å²) in [5.41, 5.74) is 2.94. The van der Waals surface area contributed by atoms with Crippen molar-refractivity contribution in [1.29, 1.82) is 0 Å². The summed E-state index contributed by atoms with van der Waals surface area (Å²) in [6.45, 7) is 5.58. The first kappa shape index (κ1) is 23.0. The molecule has 0 fully saturated rings. The molecule has 0 N–H and O–H groups in total. The molecule has 2 aromatic heterocycles. The maximum Gasteiger partial charge on any atom is 0.263 e. The Labute approximate surface area is 207 Å². The van der Waals surface area contributed by atoms with Crippen molar-refractivity contribution in [3.8, 4) is 11.5 Å². The van der Waals surface area contributed by atoms with Gasteiger partial charge < -0.3 is 9.47 Å². The Morgan fingerprint density at radius 3 is 2.34 bits per heavy atom. The Bertz CT molecular complexity index is 1510. The lowest BCUT2D eigenvalue weighted by molar-refractivity contribution is 0.332. The fraction of sp³-hybridized carbons (Fsp3) is 0.222. The number of rotatable bonds is 9. The number of thioether (sulfide) groups is 1. The van der Waals surface area contributed by atoms with Gasteiger partial charge in [0.2, 0.25) is 5.78 Å². The molecule has 7 nitrogen and oxygen atoms in total. The highest BCUT2D eigenvalue weighted by molar-refractivity contribution is 7.99. The number of hydrogen-bond donors (Lipinski definition) is 0. The lowest BCUT2D eigenvalue weighted by Crippen LogP contribution is -2.24. The van der Waals surface area contributed by atoms with Crippen LogP contribution in [0.15, 0.2) is 82.7 Å². The van der Waals surface area contributed by atoms with E-state index in [0.717, 1.165) is 27.7 Å². The molecule has 5 aromatic rings. The fourth-order valence-corrected chi connectivity index (χ4v) is 4.69. The van der Waals surface area contributed by atoms with Crippen LogP contribution in [-0.2, 0) is 6.54 Å². The smallest absolute Gasteiger partial charge is 0.263 e. The standard InChI is InChI=1S/C27H26N4O3S/c1-3-33-21-12-14-22(15-13-21)34-16-17-35-27-29-28-26-30(18-20-10-8-19(2)9-11-20)25(32)23-6-4-5-7-24(23)31(26)27/h4-15H,3,16-18H2,1-2H3. The molecule has 5 rings (SSSR count). The minimum absolute atomic E-state index is 0.0727. The van der Waals surface area contributed by atoms with Crippen LogP contribution in [0.4, 0.5) is 0 Å². The third-order valence-electron chi connectivity index (χ3n) is 5.66. The van der Waals surface area contributed by atoms with Gasteiger partial charge in [-0.2, -0.15) is 0 Å². The number of ether oxygens (including phenoxy) is 2. The van der Waals surface area contributed by atoms with Crippen molar-refractivity contribution in [2.75, 3.05) is 19.0 Å². The number of nitrogens with zero attached hydrogens (tertiary/aromatic N) is 4. The highest BCUT2D eigenvalue weighted by atomic mass is 32.2. The van der Waals surface area contributed by atoms with Crippen LogP contribution < -0.4 is 15.0 Å². The highest BCUT2D eigenvalue weighted by Gasteiger charge is 2.17. The average molecular weight is 487 g/mol. The summed E-state index contributed by atoms with van der Waals surface area (Å²) in [5, 5.41) is 10.2. The number of fused-ring (bicyclic) bond motifs is 3. The van der Waals surface area contributed by atoms with Crippen molar-refractivity contribution in [2.24, 2.45) is 0 Å². The second kappa shape index (κ2) is 10.2. The number of aromatic nitrogens is 4. The van der Waals surface area contributed by atoms with E-state index in [2.05, 4.69) is 10.2 Å². The van der Waals surface area contributed by atoms with E-state index in [1.54, 1.807) is 16.3 Å². The molecule has 0 aliphatic rings. The number of para-hydroxylation sites is 1. The number of hydrogen-bond acceptors (Lipinski definition) is 6. The van der Waals surface area contributed by atoms with E-state index in [-0.39, 0.29) is 5.56 Å². The molecule has 0 spiro atoms. The molecule has 0 aliphatic carbocycles. The first-order valence-electron chi connectivity index (χ1n) is 11.5. The fourth-order valence-electron chi connectivity index (χ4n) is 3.94. The normalized spacial score (nSPS) is 11.3. The Kier molecular flexibility index (Phi) is 6.72. The van der Waals surface area contributed by atoms with Crippen LogP contribution in [-0.4, -0.2) is 38.1 Å². The molecule has 0 amide bonds. The van der Waals surface area contributed by atoms with Gasteiger partial charge in [0, 0.05) is 5.75 Å². The summed E-state index contributed by atoms with van der Waals surface area (Å²) < 4.78 is 15.0. The molecule has 0 saturated carbocycles. The molecule has 2 heterocycles. The van der Waals surface area contributed by atoms with Crippen LogP contribution in [0.2, 0.25) is 0 Å².